The Morgan fingerprint density at radius 3 is 2.50 bits per heavy atom. The van der Waals surface area contributed by atoms with Crippen LogP contribution in [0.15, 0.2) is 12.1 Å². The summed E-state index contributed by atoms with van der Waals surface area (Å²) in [6.45, 7) is 0. The van der Waals surface area contributed by atoms with Gasteiger partial charge in [-0.25, -0.2) is 5.26 Å². The van der Waals surface area contributed by atoms with Crippen molar-refractivity contribution in [2.24, 2.45) is 0 Å². The van der Waals surface area contributed by atoms with Crippen LogP contribution in [0.25, 0.3) is 0 Å². The van der Waals surface area contributed by atoms with Crippen molar-refractivity contribution in [3.63, 3.8) is 0 Å². The zero-order chi connectivity index (χ0) is 10.7. The molecule has 0 aromatic heterocycles. The molecule has 0 spiro atoms. The number of carboxylic acid groups (broad SMARTS) is 1. The minimum Gasteiger partial charge on any atom is -0.508 e. The first-order chi connectivity index (χ1) is 6.56. The number of carboxylic acids is 1. The zero-order valence-corrected chi connectivity index (χ0v) is 6.97. The second-order valence-electron chi connectivity index (χ2n) is 2.57. The van der Waals surface area contributed by atoms with Gasteiger partial charge >= 0.3 is 5.97 Å². The molecular weight excluding hydrogens is 192 g/mol. The lowest BCUT2D eigenvalue weighted by molar-refractivity contribution is -0.139. The second-order valence-corrected chi connectivity index (χ2v) is 2.57. The van der Waals surface area contributed by atoms with Crippen molar-refractivity contribution in [3.05, 3.63) is 17.7 Å². The molecule has 0 heterocycles. The van der Waals surface area contributed by atoms with E-state index < -0.39 is 18.1 Å². The molecule has 76 valence electrons. The zero-order valence-electron chi connectivity index (χ0n) is 6.97. The first-order valence-corrected chi connectivity index (χ1v) is 3.63. The van der Waals surface area contributed by atoms with Crippen LogP contribution in [0.2, 0.25) is 0 Å². The number of phenols is 2. The van der Waals surface area contributed by atoms with Crippen LogP contribution in [0.5, 0.6) is 17.2 Å². The van der Waals surface area contributed by atoms with E-state index >= 15 is 0 Å². The van der Waals surface area contributed by atoms with E-state index in [2.05, 4.69) is 4.89 Å². The number of aliphatic carboxylic acids is 1. The Bertz CT molecular complexity index is 359. The van der Waals surface area contributed by atoms with Crippen molar-refractivity contribution in [1.82, 2.24) is 0 Å². The molecule has 1 aromatic carbocycles. The van der Waals surface area contributed by atoms with Gasteiger partial charge in [0.25, 0.3) is 0 Å². The molecule has 0 radical (unpaired) electrons. The lowest BCUT2D eigenvalue weighted by atomic mass is 10.1. The minimum atomic E-state index is -1.22. The molecule has 0 unspecified atom stereocenters. The van der Waals surface area contributed by atoms with Crippen LogP contribution in [-0.4, -0.2) is 26.5 Å². The van der Waals surface area contributed by atoms with E-state index in [9.17, 15) is 15.0 Å². The summed E-state index contributed by atoms with van der Waals surface area (Å²) >= 11 is 0. The molecule has 0 amide bonds. The van der Waals surface area contributed by atoms with Gasteiger partial charge in [0.05, 0.1) is 12.0 Å². The Morgan fingerprint density at radius 2 is 2.00 bits per heavy atom. The van der Waals surface area contributed by atoms with Gasteiger partial charge in [-0.1, -0.05) is 0 Å². The molecule has 0 aliphatic heterocycles. The highest BCUT2D eigenvalue weighted by atomic mass is 17.1. The molecule has 1 aromatic rings. The van der Waals surface area contributed by atoms with E-state index in [4.69, 9.17) is 10.4 Å². The fourth-order valence-corrected chi connectivity index (χ4v) is 1.00. The van der Waals surface area contributed by atoms with E-state index in [-0.39, 0.29) is 17.1 Å². The van der Waals surface area contributed by atoms with Crippen molar-refractivity contribution in [1.29, 1.82) is 0 Å². The predicted molar refractivity (Wildman–Crippen MR) is 44.4 cm³/mol. The lowest BCUT2D eigenvalue weighted by Gasteiger charge is -2.07. The molecule has 0 saturated carbocycles. The van der Waals surface area contributed by atoms with E-state index in [1.54, 1.807) is 0 Å². The van der Waals surface area contributed by atoms with Crippen molar-refractivity contribution >= 4 is 5.97 Å². The molecule has 6 heteroatoms. The molecule has 4 N–H and O–H groups in total. The lowest BCUT2D eigenvalue weighted by Crippen LogP contribution is -2.01. The minimum absolute atomic E-state index is 0.205. The average molecular weight is 200 g/mol. The molecule has 0 aliphatic carbocycles. The van der Waals surface area contributed by atoms with Crippen LogP contribution < -0.4 is 4.89 Å². The highest BCUT2D eigenvalue weighted by molar-refractivity contribution is 5.73. The summed E-state index contributed by atoms with van der Waals surface area (Å²) < 4.78 is 0. The average Bonchev–Trinajstić information content (AvgIpc) is 2.12. The number of rotatable bonds is 3. The molecule has 0 aliphatic rings. The van der Waals surface area contributed by atoms with E-state index in [0.29, 0.717) is 0 Å². The van der Waals surface area contributed by atoms with Gasteiger partial charge in [-0.15, -0.1) is 0 Å². The van der Waals surface area contributed by atoms with Gasteiger partial charge in [0.2, 0.25) is 5.75 Å². The van der Waals surface area contributed by atoms with E-state index in [1.807, 2.05) is 0 Å². The Balaban J connectivity index is 3.18. The Hall–Kier alpha value is -1.95. The summed E-state index contributed by atoms with van der Waals surface area (Å²) in [5, 5.41) is 35.2. The summed E-state index contributed by atoms with van der Waals surface area (Å²) in [5.74, 6) is -2.48. The van der Waals surface area contributed by atoms with Crippen LogP contribution in [-0.2, 0) is 11.2 Å². The van der Waals surface area contributed by atoms with Crippen LogP contribution >= 0.6 is 0 Å². The summed E-state index contributed by atoms with van der Waals surface area (Å²) in [7, 11) is 0. The van der Waals surface area contributed by atoms with Crippen molar-refractivity contribution < 1.29 is 30.3 Å². The maximum atomic E-state index is 10.3. The third kappa shape index (κ3) is 1.86. The van der Waals surface area contributed by atoms with Gasteiger partial charge in [0, 0.05) is 0 Å². The highest BCUT2D eigenvalue weighted by Crippen LogP contribution is 2.35. The second kappa shape index (κ2) is 3.84. The van der Waals surface area contributed by atoms with Crippen molar-refractivity contribution in [3.8, 4) is 17.2 Å². The summed E-state index contributed by atoms with van der Waals surface area (Å²) in [5.41, 5.74) is -0.205. The number of hydrogen-bond donors (Lipinski definition) is 4. The third-order valence-electron chi connectivity index (χ3n) is 1.65. The summed E-state index contributed by atoms with van der Waals surface area (Å²) in [4.78, 5) is 14.1. The maximum absolute atomic E-state index is 10.3. The number of hydrogen-bond acceptors (Lipinski definition) is 5. The van der Waals surface area contributed by atoms with Gasteiger partial charge in [-0.2, -0.15) is 0 Å². The molecule has 0 atom stereocenters. The summed E-state index contributed by atoms with van der Waals surface area (Å²) in [6, 6.07) is 2.22. The molecule has 6 nitrogen and oxygen atoms in total. The molecule has 1 rings (SSSR count). The van der Waals surface area contributed by atoms with Crippen LogP contribution in [0, 0.1) is 0 Å². The van der Waals surface area contributed by atoms with Gasteiger partial charge in [0.1, 0.15) is 5.75 Å². The first-order valence-electron chi connectivity index (χ1n) is 3.63. The van der Waals surface area contributed by atoms with Crippen molar-refractivity contribution in [2.45, 2.75) is 6.42 Å². The smallest absolute Gasteiger partial charge is 0.308 e. The number of aromatic hydroxyl groups is 2. The Morgan fingerprint density at radius 1 is 1.36 bits per heavy atom. The summed E-state index contributed by atoms with van der Waals surface area (Å²) in [6.07, 6.45) is -0.561. The Kier molecular flexibility index (Phi) is 2.78. The quantitative estimate of drug-likeness (QED) is 0.420. The first kappa shape index (κ1) is 10.1. The molecule has 14 heavy (non-hydrogen) atoms. The SMILES string of the molecule is O=C(O)Cc1c(O)ccc(OO)c1O. The topological polar surface area (TPSA) is 107 Å². The van der Waals surface area contributed by atoms with Gasteiger partial charge < -0.3 is 20.2 Å². The van der Waals surface area contributed by atoms with Crippen molar-refractivity contribution in [2.75, 3.05) is 0 Å². The largest absolute Gasteiger partial charge is 0.508 e. The molecule has 0 fully saturated rings. The Labute approximate surface area is 78.5 Å². The third-order valence-corrected chi connectivity index (χ3v) is 1.65. The number of carbonyl (C=O) groups is 1. The van der Waals surface area contributed by atoms with Gasteiger partial charge in [0.15, 0.2) is 5.75 Å². The highest BCUT2D eigenvalue weighted by Gasteiger charge is 2.16. The van der Waals surface area contributed by atoms with Crippen LogP contribution in [0.1, 0.15) is 5.56 Å². The molecule has 0 saturated heterocycles. The normalized spacial score (nSPS) is 9.79. The monoisotopic (exact) mass is 200 g/mol. The fraction of sp³-hybridized carbons (Fsp3) is 0.125. The van der Waals surface area contributed by atoms with E-state index in [0.717, 1.165) is 12.1 Å². The predicted octanol–water partition coefficient (Wildman–Crippen LogP) is 0.577. The maximum Gasteiger partial charge on any atom is 0.308 e. The van der Waals surface area contributed by atoms with Gasteiger partial charge in [-0.05, 0) is 12.1 Å². The number of phenolic OH excluding ortho intramolecular Hbond substituents is 2. The molecular formula is C8H8O6. The van der Waals surface area contributed by atoms with E-state index in [1.165, 1.54) is 0 Å². The fourth-order valence-electron chi connectivity index (χ4n) is 1.00. The standard InChI is InChI=1S/C8H8O6/c9-5-1-2-6(14-13)8(12)4(5)3-7(10)11/h1-2,9,12-13H,3H2,(H,10,11). The molecule has 0 bridgehead atoms. The number of benzene rings is 1. The van der Waals surface area contributed by atoms with Crippen LogP contribution in [0.3, 0.4) is 0 Å². The van der Waals surface area contributed by atoms with Gasteiger partial charge in [-0.3, -0.25) is 4.79 Å². The van der Waals surface area contributed by atoms with Crippen LogP contribution in [0.4, 0.5) is 0 Å².